The molecule has 1 unspecified atom stereocenters. The Kier molecular flexibility index (Phi) is 6.37. The maximum absolute atomic E-state index is 14.8. The zero-order chi connectivity index (χ0) is 30.1. The molecule has 0 aromatic heterocycles. The molecular weight excluding hydrogens is 510 g/mol. The maximum Gasteiger partial charge on any atom is 0.311 e. The third-order valence-electron chi connectivity index (χ3n) is 14.3. The highest BCUT2D eigenvalue weighted by Crippen LogP contribution is 2.88. The summed E-state index contributed by atoms with van der Waals surface area (Å²) in [6, 6.07) is 0.574. The van der Waals surface area contributed by atoms with Gasteiger partial charge in [-0.15, -0.1) is 0 Å². The Morgan fingerprint density at radius 2 is 1.71 bits per heavy atom. The Labute approximate surface area is 249 Å². The van der Waals surface area contributed by atoms with E-state index in [-0.39, 0.29) is 51.1 Å². The molecule has 5 aliphatic carbocycles. The Balaban J connectivity index is 1.38. The zero-order valence-electron chi connectivity index (χ0n) is 27.8. The van der Waals surface area contributed by atoms with Gasteiger partial charge < -0.3 is 15.0 Å². The number of carbonyl (C=O) groups is 2. The van der Waals surface area contributed by atoms with Gasteiger partial charge in [0.2, 0.25) is 0 Å². The first-order valence-electron chi connectivity index (χ1n) is 16.6. The van der Waals surface area contributed by atoms with E-state index in [4.69, 9.17) is 9.73 Å². The standard InChI is InChI=1S/C35H57N3O3/c1-20(2)28-36-19-31(7)23-12-13-24-32(8)16-22(41-29(40)30(4,5)6)27(21(3)38(10)11)33(32,9)17-26(39)35(24)18-34(23,35)15-14-25(31)37-28/h20-25,27H,12-19H2,1-11H3,(H,36,37)/t21-,22+,23-,24-,25-,27-,31-,32-,33+,34?,35-/m0/s1. The van der Waals surface area contributed by atoms with Gasteiger partial charge in [-0.1, -0.05) is 34.6 Å². The van der Waals surface area contributed by atoms with E-state index in [1.54, 1.807) is 0 Å². The monoisotopic (exact) mass is 567 g/mol. The predicted molar refractivity (Wildman–Crippen MR) is 164 cm³/mol. The van der Waals surface area contributed by atoms with E-state index in [9.17, 15) is 9.59 Å². The van der Waals surface area contributed by atoms with Gasteiger partial charge in [-0.2, -0.15) is 0 Å². The van der Waals surface area contributed by atoms with Crippen molar-refractivity contribution in [1.29, 1.82) is 0 Å². The molecule has 0 amide bonds. The van der Waals surface area contributed by atoms with Gasteiger partial charge in [-0.25, -0.2) is 0 Å². The Hall–Kier alpha value is -1.43. The van der Waals surface area contributed by atoms with Gasteiger partial charge in [0, 0.05) is 41.7 Å². The largest absolute Gasteiger partial charge is 0.462 e. The van der Waals surface area contributed by atoms with Crippen molar-refractivity contribution in [3.8, 4) is 0 Å². The number of Topliss-reactive ketones (excluding diaryl/α,β-unsaturated/α-hetero) is 1. The second-order valence-electron chi connectivity index (χ2n) is 17.6. The van der Waals surface area contributed by atoms with Crippen molar-refractivity contribution in [3.63, 3.8) is 0 Å². The van der Waals surface area contributed by atoms with E-state index in [1.165, 1.54) is 12.3 Å². The van der Waals surface area contributed by atoms with Gasteiger partial charge in [0.1, 0.15) is 11.9 Å². The lowest BCUT2D eigenvalue weighted by molar-refractivity contribution is -0.170. The number of fused-ring (bicyclic) bond motifs is 4. The molecule has 230 valence electrons. The van der Waals surface area contributed by atoms with Crippen molar-refractivity contribution >= 4 is 17.6 Å². The fourth-order valence-corrected chi connectivity index (χ4v) is 11.9. The van der Waals surface area contributed by atoms with Crippen LogP contribution in [0, 0.1) is 56.2 Å². The lowest BCUT2D eigenvalue weighted by Crippen LogP contribution is -2.64. The fourth-order valence-electron chi connectivity index (χ4n) is 11.9. The van der Waals surface area contributed by atoms with Crippen molar-refractivity contribution in [2.45, 2.75) is 125 Å². The molecule has 6 rings (SSSR count). The minimum absolute atomic E-state index is 0.0430. The van der Waals surface area contributed by atoms with E-state index in [2.05, 4.69) is 65.9 Å². The number of carbonyl (C=O) groups excluding carboxylic acids is 2. The van der Waals surface area contributed by atoms with E-state index in [0.29, 0.717) is 36.0 Å². The molecule has 2 spiro atoms. The first kappa shape index (κ1) is 29.6. The topological polar surface area (TPSA) is 71.0 Å². The maximum atomic E-state index is 14.8. The minimum Gasteiger partial charge on any atom is -0.462 e. The quantitative estimate of drug-likeness (QED) is 0.414. The normalized spacial score (nSPS) is 49.1. The highest BCUT2D eigenvalue weighted by molar-refractivity contribution is 5.92. The number of esters is 1. The number of ketones is 1. The van der Waals surface area contributed by atoms with Gasteiger partial charge in [0.25, 0.3) is 0 Å². The molecule has 41 heavy (non-hydrogen) atoms. The van der Waals surface area contributed by atoms with Crippen LogP contribution in [0.4, 0.5) is 0 Å². The van der Waals surface area contributed by atoms with Gasteiger partial charge in [0.05, 0.1) is 17.3 Å². The number of rotatable bonds is 4. The summed E-state index contributed by atoms with van der Waals surface area (Å²) < 4.78 is 6.46. The number of hydrogen-bond donors (Lipinski definition) is 1. The summed E-state index contributed by atoms with van der Waals surface area (Å²) in [5.74, 6) is 3.04. The molecule has 5 saturated carbocycles. The van der Waals surface area contributed by atoms with Gasteiger partial charge in [-0.05, 0) is 108 Å². The van der Waals surface area contributed by atoms with Crippen LogP contribution in [0.15, 0.2) is 4.99 Å². The summed E-state index contributed by atoms with van der Waals surface area (Å²) in [4.78, 5) is 35.6. The van der Waals surface area contributed by atoms with Gasteiger partial charge in [-0.3, -0.25) is 14.6 Å². The van der Waals surface area contributed by atoms with E-state index in [1.807, 2.05) is 20.8 Å². The molecule has 5 fully saturated rings. The summed E-state index contributed by atoms with van der Waals surface area (Å²) in [5.41, 5.74) is -0.759. The number of nitrogens with one attached hydrogen (secondary N) is 1. The summed E-state index contributed by atoms with van der Waals surface area (Å²) in [6.45, 7) is 20.9. The number of hydrogen-bond acceptors (Lipinski definition) is 6. The van der Waals surface area contributed by atoms with Crippen LogP contribution >= 0.6 is 0 Å². The summed E-state index contributed by atoms with van der Waals surface area (Å²) in [7, 11) is 4.26. The third kappa shape index (κ3) is 3.61. The van der Waals surface area contributed by atoms with Crippen LogP contribution in [0.2, 0.25) is 0 Å². The van der Waals surface area contributed by atoms with Crippen LogP contribution in [-0.4, -0.2) is 61.3 Å². The van der Waals surface area contributed by atoms with Crippen molar-refractivity contribution in [2.24, 2.45) is 61.2 Å². The van der Waals surface area contributed by atoms with Gasteiger partial charge >= 0.3 is 5.97 Å². The Bertz CT molecular complexity index is 1170. The molecule has 0 aromatic rings. The molecule has 11 atom stereocenters. The predicted octanol–water partition coefficient (Wildman–Crippen LogP) is 6.13. The second-order valence-corrected chi connectivity index (χ2v) is 17.6. The number of amidine groups is 1. The number of aliphatic imine (C=N–C) groups is 1. The molecule has 1 aliphatic heterocycles. The summed E-state index contributed by atoms with van der Waals surface area (Å²) >= 11 is 0. The van der Waals surface area contributed by atoms with E-state index < -0.39 is 5.41 Å². The Morgan fingerprint density at radius 1 is 1.05 bits per heavy atom. The first-order chi connectivity index (χ1) is 18.9. The lowest BCUT2D eigenvalue weighted by Gasteiger charge is -2.63. The van der Waals surface area contributed by atoms with Crippen molar-refractivity contribution in [3.05, 3.63) is 0 Å². The summed E-state index contributed by atoms with van der Waals surface area (Å²) in [6.07, 6.45) is 6.94. The molecule has 0 radical (unpaired) electrons. The molecule has 1 N–H and O–H groups in total. The van der Waals surface area contributed by atoms with Crippen LogP contribution in [0.5, 0.6) is 0 Å². The SMILES string of the molecule is CC(C)C1=N[C@H]2CCC34C[C@]35C(=O)C[C@]3(C)[C@@H]([C@H](C)N(C)C)[C@H](OC(=O)C(C)(C)C)C[C@@]3(C)[C@@H]5CC[C@H]4[C@]2(C)CN1. The second kappa shape index (κ2) is 8.82. The molecule has 6 heteroatoms. The smallest absolute Gasteiger partial charge is 0.311 e. The van der Waals surface area contributed by atoms with Crippen LogP contribution in [0.1, 0.15) is 107 Å². The number of ether oxygens (including phenoxy) is 1. The first-order valence-corrected chi connectivity index (χ1v) is 16.6. The molecule has 0 bridgehead atoms. The van der Waals surface area contributed by atoms with Crippen LogP contribution in [-0.2, 0) is 14.3 Å². The lowest BCUT2D eigenvalue weighted by atomic mass is 9.41. The average molecular weight is 568 g/mol. The highest BCUT2D eigenvalue weighted by atomic mass is 16.5. The van der Waals surface area contributed by atoms with Gasteiger partial charge in [0.15, 0.2) is 0 Å². The molecule has 1 heterocycles. The third-order valence-corrected chi connectivity index (χ3v) is 14.3. The van der Waals surface area contributed by atoms with Crippen molar-refractivity contribution < 1.29 is 14.3 Å². The van der Waals surface area contributed by atoms with Crippen molar-refractivity contribution in [1.82, 2.24) is 10.2 Å². The molecule has 6 nitrogen and oxygen atoms in total. The average Bonchev–Trinajstić information content (AvgIpc) is 3.50. The number of nitrogens with zero attached hydrogens (tertiary/aromatic N) is 2. The van der Waals surface area contributed by atoms with E-state index in [0.717, 1.165) is 38.6 Å². The molecule has 0 saturated heterocycles. The fraction of sp³-hybridized carbons (Fsp3) is 0.914. The van der Waals surface area contributed by atoms with E-state index >= 15 is 0 Å². The van der Waals surface area contributed by atoms with Crippen LogP contribution < -0.4 is 5.32 Å². The molecule has 0 aromatic carbocycles. The van der Waals surface area contributed by atoms with Crippen LogP contribution in [0.3, 0.4) is 0 Å². The van der Waals surface area contributed by atoms with Crippen molar-refractivity contribution in [2.75, 3.05) is 20.6 Å². The molecule has 6 aliphatic rings. The molecular formula is C35H57N3O3. The zero-order valence-corrected chi connectivity index (χ0v) is 27.8. The summed E-state index contributed by atoms with van der Waals surface area (Å²) in [5, 5.41) is 3.74. The minimum atomic E-state index is -0.544. The highest BCUT2D eigenvalue weighted by Gasteiger charge is 2.86. The van der Waals surface area contributed by atoms with Crippen LogP contribution in [0.25, 0.3) is 0 Å². The Morgan fingerprint density at radius 3 is 2.32 bits per heavy atom.